The molecule has 1 atom stereocenters. The molecule has 0 aromatic rings. The highest BCUT2D eigenvalue weighted by Gasteiger charge is 2.29. The van der Waals surface area contributed by atoms with Crippen molar-refractivity contribution in [2.75, 3.05) is 13.1 Å². The maximum absolute atomic E-state index is 11.8. The van der Waals surface area contributed by atoms with Crippen LogP contribution in [0.3, 0.4) is 0 Å². The molecule has 0 spiro atoms. The number of urea groups is 1. The first kappa shape index (κ1) is 14.3. The molecule has 18 heavy (non-hydrogen) atoms. The smallest absolute Gasteiger partial charge is 0.317 e. The molecule has 0 saturated carbocycles. The Morgan fingerprint density at radius 3 is 2.72 bits per heavy atom. The quantitative estimate of drug-likeness (QED) is 0.577. The molecule has 3 amide bonds. The number of aliphatic carboxylic acids is 1. The number of hydrogen-bond donors (Lipinski definition) is 3. The third-order valence-corrected chi connectivity index (χ3v) is 2.92. The first-order chi connectivity index (χ1) is 8.50. The lowest BCUT2D eigenvalue weighted by Gasteiger charge is -2.23. The third-order valence-electron chi connectivity index (χ3n) is 2.92. The maximum Gasteiger partial charge on any atom is 0.317 e. The zero-order valence-corrected chi connectivity index (χ0v) is 10.2. The van der Waals surface area contributed by atoms with E-state index in [4.69, 9.17) is 10.8 Å². The number of nitrogens with zero attached hydrogens (tertiary/aromatic N) is 1. The number of carboxylic acids is 1. The summed E-state index contributed by atoms with van der Waals surface area (Å²) in [5.41, 5.74) is 4.98. The van der Waals surface area contributed by atoms with Gasteiger partial charge in [0.2, 0.25) is 5.91 Å². The van der Waals surface area contributed by atoms with Crippen molar-refractivity contribution in [2.45, 2.75) is 38.1 Å². The van der Waals surface area contributed by atoms with E-state index in [-0.39, 0.29) is 24.9 Å². The number of carbonyl (C=O) groups is 3. The van der Waals surface area contributed by atoms with Gasteiger partial charge in [-0.05, 0) is 19.3 Å². The van der Waals surface area contributed by atoms with Crippen molar-refractivity contribution in [2.24, 2.45) is 5.73 Å². The van der Waals surface area contributed by atoms with E-state index in [2.05, 4.69) is 5.32 Å². The van der Waals surface area contributed by atoms with Crippen LogP contribution >= 0.6 is 0 Å². The van der Waals surface area contributed by atoms with Crippen molar-refractivity contribution in [3.63, 3.8) is 0 Å². The fourth-order valence-corrected chi connectivity index (χ4v) is 2.08. The summed E-state index contributed by atoms with van der Waals surface area (Å²) in [5.74, 6) is -1.29. The van der Waals surface area contributed by atoms with E-state index in [1.165, 1.54) is 0 Å². The summed E-state index contributed by atoms with van der Waals surface area (Å²) in [6, 6.07) is -0.484. The Morgan fingerprint density at radius 2 is 2.11 bits per heavy atom. The lowest BCUT2D eigenvalue weighted by Crippen LogP contribution is -2.43. The molecule has 0 aliphatic carbocycles. The number of likely N-dealkylation sites (tertiary alicyclic amines) is 1. The molecule has 1 rings (SSSR count). The van der Waals surface area contributed by atoms with E-state index in [1.54, 1.807) is 4.90 Å². The van der Waals surface area contributed by atoms with Crippen molar-refractivity contribution in [1.29, 1.82) is 0 Å². The Labute approximate surface area is 105 Å². The molecular formula is C11H19N3O4. The van der Waals surface area contributed by atoms with E-state index >= 15 is 0 Å². The summed E-state index contributed by atoms with van der Waals surface area (Å²) in [4.78, 5) is 34.5. The second-order valence-electron chi connectivity index (χ2n) is 4.39. The van der Waals surface area contributed by atoms with E-state index < -0.39 is 11.9 Å². The molecule has 0 radical (unpaired) electrons. The second kappa shape index (κ2) is 6.83. The fraction of sp³-hybridized carbons (Fsp3) is 0.727. The number of hydrogen-bond acceptors (Lipinski definition) is 3. The van der Waals surface area contributed by atoms with Crippen LogP contribution in [0.2, 0.25) is 0 Å². The van der Waals surface area contributed by atoms with E-state index in [9.17, 15) is 14.4 Å². The monoisotopic (exact) mass is 257 g/mol. The standard InChI is InChI=1S/C11H19N3O4/c12-9(15)4-1-5-13-11(18)14-6-2-3-8(14)7-10(16)17/h8H,1-7H2,(H2,12,15)(H,13,18)(H,16,17). The lowest BCUT2D eigenvalue weighted by atomic mass is 10.1. The molecular weight excluding hydrogens is 238 g/mol. The minimum Gasteiger partial charge on any atom is -0.481 e. The van der Waals surface area contributed by atoms with Gasteiger partial charge in [-0.3, -0.25) is 9.59 Å². The van der Waals surface area contributed by atoms with Crippen LogP contribution in [-0.4, -0.2) is 47.0 Å². The van der Waals surface area contributed by atoms with Crippen molar-refractivity contribution in [3.05, 3.63) is 0 Å². The fourth-order valence-electron chi connectivity index (χ4n) is 2.08. The highest BCUT2D eigenvalue weighted by molar-refractivity contribution is 5.76. The van der Waals surface area contributed by atoms with Gasteiger partial charge in [0, 0.05) is 25.6 Å². The van der Waals surface area contributed by atoms with Crippen molar-refractivity contribution >= 4 is 17.9 Å². The SMILES string of the molecule is NC(=O)CCCNC(=O)N1CCCC1CC(=O)O. The first-order valence-electron chi connectivity index (χ1n) is 6.05. The van der Waals surface area contributed by atoms with Gasteiger partial charge in [-0.1, -0.05) is 0 Å². The van der Waals surface area contributed by atoms with Crippen LogP contribution in [-0.2, 0) is 9.59 Å². The Hall–Kier alpha value is -1.79. The van der Waals surface area contributed by atoms with Crippen LogP contribution < -0.4 is 11.1 Å². The first-order valence-corrected chi connectivity index (χ1v) is 6.05. The minimum absolute atomic E-state index is 0.0191. The molecule has 0 aromatic heterocycles. The Kier molecular flexibility index (Phi) is 5.41. The molecule has 1 aliphatic rings. The van der Waals surface area contributed by atoms with Gasteiger partial charge in [0.25, 0.3) is 0 Å². The zero-order valence-electron chi connectivity index (χ0n) is 10.2. The van der Waals surface area contributed by atoms with Gasteiger partial charge in [-0.2, -0.15) is 0 Å². The number of primary amides is 1. The Morgan fingerprint density at radius 1 is 1.39 bits per heavy atom. The summed E-state index contributed by atoms with van der Waals surface area (Å²) in [5, 5.41) is 11.4. The molecule has 1 aliphatic heterocycles. The zero-order chi connectivity index (χ0) is 13.5. The topological polar surface area (TPSA) is 113 Å². The molecule has 7 nitrogen and oxygen atoms in total. The molecule has 1 fully saturated rings. The van der Waals surface area contributed by atoms with Crippen molar-refractivity contribution in [3.8, 4) is 0 Å². The van der Waals surface area contributed by atoms with Crippen LogP contribution in [0.4, 0.5) is 4.79 Å². The lowest BCUT2D eigenvalue weighted by molar-refractivity contribution is -0.138. The Bertz CT molecular complexity index is 332. The number of rotatable bonds is 6. The molecule has 102 valence electrons. The number of nitrogens with two attached hydrogens (primary N) is 1. The van der Waals surface area contributed by atoms with Crippen LogP contribution in [0.25, 0.3) is 0 Å². The van der Waals surface area contributed by atoms with Gasteiger partial charge >= 0.3 is 12.0 Å². The van der Waals surface area contributed by atoms with Gasteiger partial charge in [-0.25, -0.2) is 4.79 Å². The van der Waals surface area contributed by atoms with Crippen molar-refractivity contribution < 1.29 is 19.5 Å². The molecule has 1 unspecified atom stereocenters. The molecule has 0 aromatic carbocycles. The molecule has 7 heteroatoms. The largest absolute Gasteiger partial charge is 0.481 e. The van der Waals surface area contributed by atoms with E-state index in [0.717, 1.165) is 12.8 Å². The molecule has 1 saturated heterocycles. The third kappa shape index (κ3) is 4.60. The van der Waals surface area contributed by atoms with Crippen LogP contribution in [0.15, 0.2) is 0 Å². The molecule has 0 bridgehead atoms. The predicted octanol–water partition coefficient (Wildman–Crippen LogP) is -0.0994. The number of amides is 3. The normalized spacial score (nSPS) is 18.7. The minimum atomic E-state index is -0.895. The predicted molar refractivity (Wildman–Crippen MR) is 63.8 cm³/mol. The Balaban J connectivity index is 2.31. The average molecular weight is 257 g/mol. The maximum atomic E-state index is 11.8. The second-order valence-corrected chi connectivity index (χ2v) is 4.39. The summed E-state index contributed by atoms with van der Waals surface area (Å²) < 4.78 is 0. The van der Waals surface area contributed by atoms with E-state index in [0.29, 0.717) is 19.5 Å². The highest BCUT2D eigenvalue weighted by Crippen LogP contribution is 2.19. The van der Waals surface area contributed by atoms with Crippen LogP contribution in [0.1, 0.15) is 32.1 Å². The highest BCUT2D eigenvalue weighted by atomic mass is 16.4. The van der Waals surface area contributed by atoms with Gasteiger partial charge < -0.3 is 21.1 Å². The van der Waals surface area contributed by atoms with Crippen molar-refractivity contribution in [1.82, 2.24) is 10.2 Å². The van der Waals surface area contributed by atoms with Crippen LogP contribution in [0, 0.1) is 0 Å². The van der Waals surface area contributed by atoms with Gasteiger partial charge in [-0.15, -0.1) is 0 Å². The van der Waals surface area contributed by atoms with Gasteiger partial charge in [0.1, 0.15) is 0 Å². The summed E-state index contributed by atoms with van der Waals surface area (Å²) in [7, 11) is 0. The van der Waals surface area contributed by atoms with E-state index in [1.807, 2.05) is 0 Å². The molecule has 4 N–H and O–H groups in total. The molecule has 1 heterocycles. The van der Waals surface area contributed by atoms with Gasteiger partial charge in [0.05, 0.1) is 6.42 Å². The van der Waals surface area contributed by atoms with Gasteiger partial charge in [0.15, 0.2) is 0 Å². The number of carboxylic acid groups (broad SMARTS) is 1. The summed E-state index contributed by atoms with van der Waals surface area (Å²) in [6.07, 6.45) is 2.26. The average Bonchev–Trinajstić information content (AvgIpc) is 2.71. The van der Waals surface area contributed by atoms with Crippen LogP contribution in [0.5, 0.6) is 0 Å². The number of nitrogens with one attached hydrogen (secondary N) is 1. The number of carbonyl (C=O) groups excluding carboxylic acids is 2. The summed E-state index contributed by atoms with van der Waals surface area (Å²) >= 11 is 0. The summed E-state index contributed by atoms with van der Waals surface area (Å²) in [6.45, 7) is 0.956.